The molecule has 0 spiro atoms. The van der Waals surface area contributed by atoms with Crippen molar-refractivity contribution in [3.05, 3.63) is 30.2 Å². The van der Waals surface area contributed by atoms with Gasteiger partial charge in [-0.1, -0.05) is 0 Å². The molecule has 0 unspecified atom stereocenters. The first-order valence-corrected chi connectivity index (χ1v) is 6.60. The van der Waals surface area contributed by atoms with Crippen LogP contribution in [0, 0.1) is 0 Å². The monoisotopic (exact) mass is 222 g/mol. The summed E-state index contributed by atoms with van der Waals surface area (Å²) in [7, 11) is -2.89. The van der Waals surface area contributed by atoms with Crippen molar-refractivity contribution < 1.29 is 8.42 Å². The molecule has 2 aromatic heterocycles. The van der Waals surface area contributed by atoms with Crippen LogP contribution in [0.3, 0.4) is 0 Å². The summed E-state index contributed by atoms with van der Waals surface area (Å²) in [5, 5.41) is 1.02. The molecule has 2 aromatic rings. The Kier molecular flexibility index (Phi) is 1.68. The summed E-state index contributed by atoms with van der Waals surface area (Å²) >= 11 is 0. The molecule has 0 aliphatic carbocycles. The van der Waals surface area contributed by atoms with E-state index in [1.165, 1.54) is 0 Å². The first-order valence-electron chi connectivity index (χ1n) is 4.78. The largest absolute Gasteiger partial charge is 0.342 e. The van der Waals surface area contributed by atoms with Gasteiger partial charge in [-0.15, -0.1) is 0 Å². The van der Waals surface area contributed by atoms with Gasteiger partial charge in [-0.25, -0.2) is 8.42 Å². The smallest absolute Gasteiger partial charge is 0.157 e. The predicted octanol–water partition coefficient (Wildman–Crippen LogP) is 0.965. The van der Waals surface area contributed by atoms with Crippen LogP contribution in [-0.4, -0.2) is 23.7 Å². The van der Waals surface area contributed by atoms with E-state index in [1.54, 1.807) is 12.4 Å². The zero-order valence-electron chi connectivity index (χ0n) is 8.05. The summed E-state index contributed by atoms with van der Waals surface area (Å²) in [6.07, 6.45) is 3.51. The Morgan fingerprint density at radius 1 is 1.40 bits per heavy atom. The average molecular weight is 222 g/mol. The van der Waals surface area contributed by atoms with Crippen LogP contribution in [0.1, 0.15) is 5.69 Å². The molecular formula is C10H10N2O2S. The van der Waals surface area contributed by atoms with Crippen molar-refractivity contribution in [1.82, 2.24) is 9.55 Å². The minimum absolute atomic E-state index is 0.154. The first kappa shape index (κ1) is 8.91. The lowest BCUT2D eigenvalue weighted by atomic mass is 10.3. The number of nitrogens with zero attached hydrogens (tertiary/aromatic N) is 2. The Balaban J connectivity index is 2.29. The predicted molar refractivity (Wildman–Crippen MR) is 57.2 cm³/mol. The molecule has 0 amide bonds. The molecule has 0 saturated heterocycles. The average Bonchev–Trinajstić information content (AvgIpc) is 2.52. The van der Waals surface area contributed by atoms with Gasteiger partial charge in [0.1, 0.15) is 0 Å². The third kappa shape index (κ3) is 1.34. The van der Waals surface area contributed by atoms with E-state index in [9.17, 15) is 8.42 Å². The fraction of sp³-hybridized carbons (Fsp3) is 0.300. The van der Waals surface area contributed by atoms with Crippen LogP contribution >= 0.6 is 0 Å². The van der Waals surface area contributed by atoms with Gasteiger partial charge in [0, 0.05) is 30.0 Å². The van der Waals surface area contributed by atoms with Gasteiger partial charge in [-0.2, -0.15) is 0 Å². The summed E-state index contributed by atoms with van der Waals surface area (Å²) in [4.78, 5) is 4.03. The van der Waals surface area contributed by atoms with Crippen LogP contribution in [0.5, 0.6) is 0 Å². The van der Waals surface area contributed by atoms with Gasteiger partial charge < -0.3 is 4.57 Å². The normalized spacial score (nSPS) is 18.9. The number of hydrogen-bond acceptors (Lipinski definition) is 3. The molecule has 5 heteroatoms. The third-order valence-corrected chi connectivity index (χ3v) is 4.32. The Morgan fingerprint density at radius 3 is 3.13 bits per heavy atom. The van der Waals surface area contributed by atoms with Crippen LogP contribution in [0.15, 0.2) is 24.5 Å². The van der Waals surface area contributed by atoms with E-state index in [2.05, 4.69) is 9.55 Å². The zero-order valence-corrected chi connectivity index (χ0v) is 8.87. The molecule has 0 fully saturated rings. The number of pyridine rings is 1. The van der Waals surface area contributed by atoms with Crippen molar-refractivity contribution >= 4 is 20.7 Å². The van der Waals surface area contributed by atoms with Gasteiger partial charge in [0.2, 0.25) is 0 Å². The summed E-state index contributed by atoms with van der Waals surface area (Å²) in [5.74, 6) is 0.397. The van der Waals surface area contributed by atoms with E-state index in [1.807, 2.05) is 12.1 Å². The lowest BCUT2D eigenvalue weighted by Gasteiger charge is -2.16. The van der Waals surface area contributed by atoms with Gasteiger partial charge in [0.15, 0.2) is 9.84 Å². The molecular weight excluding hydrogens is 212 g/mol. The molecule has 78 valence electrons. The summed E-state index contributed by atoms with van der Waals surface area (Å²) in [6, 6.07) is 3.84. The van der Waals surface area contributed by atoms with E-state index in [0.717, 1.165) is 16.6 Å². The maximum atomic E-state index is 11.5. The number of fused-ring (bicyclic) bond motifs is 3. The van der Waals surface area contributed by atoms with E-state index < -0.39 is 9.84 Å². The molecule has 3 rings (SSSR count). The van der Waals surface area contributed by atoms with Crippen molar-refractivity contribution in [3.8, 4) is 0 Å². The van der Waals surface area contributed by atoms with Crippen LogP contribution in [-0.2, 0) is 22.1 Å². The highest BCUT2D eigenvalue weighted by Crippen LogP contribution is 2.24. The number of rotatable bonds is 0. The maximum absolute atomic E-state index is 11.5. The second-order valence-corrected chi connectivity index (χ2v) is 6.00. The van der Waals surface area contributed by atoms with Crippen LogP contribution in [0.4, 0.5) is 0 Å². The SMILES string of the molecule is O=S1(=O)CCn2c(cc3cnccc32)C1. The molecule has 3 heterocycles. The Morgan fingerprint density at radius 2 is 2.27 bits per heavy atom. The quantitative estimate of drug-likeness (QED) is 0.667. The molecule has 0 saturated carbocycles. The Hall–Kier alpha value is -1.36. The number of aryl methyl sites for hydroxylation is 1. The summed E-state index contributed by atoms with van der Waals surface area (Å²) < 4.78 is 25.0. The highest BCUT2D eigenvalue weighted by atomic mass is 32.2. The van der Waals surface area contributed by atoms with Gasteiger partial charge in [-0.3, -0.25) is 4.98 Å². The molecule has 1 aliphatic rings. The van der Waals surface area contributed by atoms with Crippen molar-refractivity contribution in [1.29, 1.82) is 0 Å². The van der Waals surface area contributed by atoms with Gasteiger partial charge >= 0.3 is 0 Å². The Labute approximate surface area is 87.5 Å². The molecule has 0 N–H and O–H groups in total. The molecule has 0 atom stereocenters. The zero-order chi connectivity index (χ0) is 10.5. The lowest BCUT2D eigenvalue weighted by Crippen LogP contribution is -2.23. The van der Waals surface area contributed by atoms with Crippen LogP contribution in [0.25, 0.3) is 10.9 Å². The van der Waals surface area contributed by atoms with Gasteiger partial charge in [-0.05, 0) is 12.1 Å². The third-order valence-electron chi connectivity index (χ3n) is 2.78. The van der Waals surface area contributed by atoms with E-state index in [0.29, 0.717) is 6.54 Å². The standard InChI is InChI=1S/C10H10N2O2S/c13-15(14)4-3-12-9(7-15)5-8-6-11-2-1-10(8)12/h1-2,5-6H,3-4,7H2. The van der Waals surface area contributed by atoms with Crippen molar-refractivity contribution in [2.24, 2.45) is 0 Å². The minimum atomic E-state index is -2.89. The first-order chi connectivity index (χ1) is 7.16. The van der Waals surface area contributed by atoms with Gasteiger partial charge in [0.25, 0.3) is 0 Å². The lowest BCUT2D eigenvalue weighted by molar-refractivity contribution is 0.577. The highest BCUT2D eigenvalue weighted by molar-refractivity contribution is 7.90. The molecule has 0 radical (unpaired) electrons. The van der Waals surface area contributed by atoms with Crippen LogP contribution < -0.4 is 0 Å². The summed E-state index contributed by atoms with van der Waals surface area (Å²) in [6.45, 7) is 0.561. The van der Waals surface area contributed by atoms with E-state index >= 15 is 0 Å². The fourth-order valence-electron chi connectivity index (χ4n) is 2.08. The second kappa shape index (κ2) is 2.82. The fourth-order valence-corrected chi connectivity index (χ4v) is 3.37. The molecule has 0 bridgehead atoms. The highest BCUT2D eigenvalue weighted by Gasteiger charge is 2.22. The van der Waals surface area contributed by atoms with E-state index in [-0.39, 0.29) is 11.5 Å². The number of sulfone groups is 1. The summed E-state index contributed by atoms with van der Waals surface area (Å²) in [5.41, 5.74) is 1.96. The van der Waals surface area contributed by atoms with Crippen molar-refractivity contribution in [2.45, 2.75) is 12.3 Å². The van der Waals surface area contributed by atoms with Crippen molar-refractivity contribution in [3.63, 3.8) is 0 Å². The second-order valence-electron chi connectivity index (χ2n) is 3.81. The van der Waals surface area contributed by atoms with E-state index in [4.69, 9.17) is 0 Å². The molecule has 15 heavy (non-hydrogen) atoms. The molecule has 0 aromatic carbocycles. The molecule has 4 nitrogen and oxygen atoms in total. The van der Waals surface area contributed by atoms with Gasteiger partial charge in [0.05, 0.1) is 17.0 Å². The number of aromatic nitrogens is 2. The Bertz CT molecular complexity index is 628. The molecule has 1 aliphatic heterocycles. The van der Waals surface area contributed by atoms with Crippen LogP contribution in [0.2, 0.25) is 0 Å². The minimum Gasteiger partial charge on any atom is -0.342 e. The topological polar surface area (TPSA) is 52.0 Å². The number of hydrogen-bond donors (Lipinski definition) is 0. The van der Waals surface area contributed by atoms with Crippen molar-refractivity contribution in [2.75, 3.05) is 5.75 Å². The maximum Gasteiger partial charge on any atom is 0.157 e.